The summed E-state index contributed by atoms with van der Waals surface area (Å²) in [6, 6.07) is 20.1. The number of halogens is 1. The van der Waals surface area contributed by atoms with Crippen LogP contribution in [0.5, 0.6) is 5.75 Å². The highest BCUT2D eigenvalue weighted by Gasteiger charge is 2.32. The topological polar surface area (TPSA) is 58.6 Å². The predicted molar refractivity (Wildman–Crippen MR) is 118 cm³/mol. The minimum absolute atomic E-state index is 0.125. The highest BCUT2D eigenvalue weighted by atomic mass is 35.5. The second-order valence-corrected chi connectivity index (χ2v) is 7.63. The molecule has 0 bridgehead atoms. The van der Waals surface area contributed by atoms with E-state index < -0.39 is 6.10 Å². The normalized spacial score (nSPS) is 15.4. The van der Waals surface area contributed by atoms with Crippen LogP contribution in [0, 0.1) is 6.92 Å². The molecule has 5 nitrogen and oxygen atoms in total. The molecule has 3 aromatic carbocycles. The first-order valence-corrected chi connectivity index (χ1v) is 10.0. The lowest BCUT2D eigenvalue weighted by Crippen LogP contribution is -2.44. The van der Waals surface area contributed by atoms with Crippen molar-refractivity contribution in [3.05, 3.63) is 88.4 Å². The van der Waals surface area contributed by atoms with Crippen LogP contribution < -0.4 is 15.0 Å². The van der Waals surface area contributed by atoms with E-state index in [0.29, 0.717) is 34.3 Å². The number of nitrogens with one attached hydrogen (secondary N) is 1. The van der Waals surface area contributed by atoms with Gasteiger partial charge in [0, 0.05) is 5.69 Å². The molecule has 0 radical (unpaired) electrons. The van der Waals surface area contributed by atoms with Crippen molar-refractivity contribution in [3.63, 3.8) is 0 Å². The van der Waals surface area contributed by atoms with Gasteiger partial charge in [-0.1, -0.05) is 48.0 Å². The average Bonchev–Trinajstić information content (AvgIpc) is 2.73. The molecular formula is C24H21ClN2O3. The second-order valence-electron chi connectivity index (χ2n) is 7.23. The maximum Gasteiger partial charge on any atom is 0.268 e. The van der Waals surface area contributed by atoms with Crippen molar-refractivity contribution in [2.75, 3.05) is 10.2 Å². The Hall–Kier alpha value is -3.31. The molecule has 0 fully saturated rings. The highest BCUT2D eigenvalue weighted by Crippen LogP contribution is 2.37. The van der Waals surface area contributed by atoms with Crippen molar-refractivity contribution in [2.45, 2.75) is 26.5 Å². The summed E-state index contributed by atoms with van der Waals surface area (Å²) in [6.45, 7) is 4.18. The number of hydrogen-bond donors (Lipinski definition) is 1. The van der Waals surface area contributed by atoms with Gasteiger partial charge in [-0.2, -0.15) is 0 Å². The van der Waals surface area contributed by atoms with Crippen molar-refractivity contribution in [1.29, 1.82) is 0 Å². The first-order chi connectivity index (χ1) is 14.4. The Kier molecular flexibility index (Phi) is 5.46. The maximum atomic E-state index is 12.9. The number of rotatable bonds is 4. The molecular weight excluding hydrogens is 400 g/mol. The molecule has 1 heterocycles. The predicted octanol–water partition coefficient (Wildman–Crippen LogP) is 5.21. The molecule has 2 amide bonds. The van der Waals surface area contributed by atoms with Crippen molar-refractivity contribution < 1.29 is 14.3 Å². The molecule has 0 saturated carbocycles. The van der Waals surface area contributed by atoms with Gasteiger partial charge in [0.2, 0.25) is 0 Å². The molecule has 1 N–H and O–H groups in total. The number of hydrogen-bond acceptors (Lipinski definition) is 3. The van der Waals surface area contributed by atoms with Crippen LogP contribution in [-0.2, 0) is 11.3 Å². The van der Waals surface area contributed by atoms with Crippen molar-refractivity contribution in [3.8, 4) is 5.75 Å². The summed E-state index contributed by atoms with van der Waals surface area (Å²) in [5.41, 5.74) is 3.72. The summed E-state index contributed by atoms with van der Waals surface area (Å²) in [5, 5.41) is 3.23. The van der Waals surface area contributed by atoms with Crippen molar-refractivity contribution in [1.82, 2.24) is 0 Å². The summed E-state index contributed by atoms with van der Waals surface area (Å²) in [4.78, 5) is 27.2. The number of amides is 2. The SMILES string of the molecule is Cc1ccccc1CN1C(=O)C(C)Oc2ccc(NC(=O)c3ccccc3Cl)cc21. The third kappa shape index (κ3) is 3.89. The van der Waals surface area contributed by atoms with Crippen LogP contribution in [-0.4, -0.2) is 17.9 Å². The molecule has 4 rings (SSSR count). The molecule has 152 valence electrons. The molecule has 0 saturated heterocycles. The Morgan fingerprint density at radius 2 is 1.83 bits per heavy atom. The van der Waals surface area contributed by atoms with Gasteiger partial charge in [0.05, 0.1) is 22.8 Å². The minimum atomic E-state index is -0.579. The van der Waals surface area contributed by atoms with Crippen LogP contribution in [0.3, 0.4) is 0 Å². The van der Waals surface area contributed by atoms with Crippen LogP contribution in [0.2, 0.25) is 5.02 Å². The second kappa shape index (κ2) is 8.20. The van der Waals surface area contributed by atoms with Gasteiger partial charge < -0.3 is 15.0 Å². The monoisotopic (exact) mass is 420 g/mol. The summed E-state index contributed by atoms with van der Waals surface area (Å²) in [7, 11) is 0. The molecule has 1 atom stereocenters. The van der Waals surface area contributed by atoms with Crippen LogP contribution in [0.25, 0.3) is 0 Å². The lowest BCUT2D eigenvalue weighted by atomic mass is 10.1. The molecule has 0 aromatic heterocycles. The van der Waals surface area contributed by atoms with Crippen LogP contribution >= 0.6 is 11.6 Å². The van der Waals surface area contributed by atoms with E-state index in [1.54, 1.807) is 54.3 Å². The lowest BCUT2D eigenvalue weighted by molar-refractivity contribution is -0.125. The Labute approximate surface area is 180 Å². The molecule has 3 aromatic rings. The number of anilines is 2. The Bertz CT molecular complexity index is 1130. The van der Waals surface area contributed by atoms with Gasteiger partial charge in [-0.3, -0.25) is 9.59 Å². The van der Waals surface area contributed by atoms with Crippen molar-refractivity contribution >= 4 is 34.8 Å². The average molecular weight is 421 g/mol. The van der Waals surface area contributed by atoms with Gasteiger partial charge in [-0.05, 0) is 55.3 Å². The third-order valence-corrected chi connectivity index (χ3v) is 5.46. The fraction of sp³-hybridized carbons (Fsp3) is 0.167. The largest absolute Gasteiger partial charge is 0.479 e. The number of fused-ring (bicyclic) bond motifs is 1. The number of carbonyl (C=O) groups is 2. The number of benzene rings is 3. The van der Waals surface area contributed by atoms with Gasteiger partial charge >= 0.3 is 0 Å². The fourth-order valence-corrected chi connectivity index (χ4v) is 3.67. The molecule has 0 aliphatic carbocycles. The Morgan fingerprint density at radius 3 is 2.60 bits per heavy atom. The number of ether oxygens (including phenoxy) is 1. The van der Waals surface area contributed by atoms with E-state index >= 15 is 0 Å². The van der Waals surface area contributed by atoms with E-state index in [1.165, 1.54) is 0 Å². The van der Waals surface area contributed by atoms with E-state index in [0.717, 1.165) is 11.1 Å². The quantitative estimate of drug-likeness (QED) is 0.629. The van der Waals surface area contributed by atoms with Crippen LogP contribution in [0.4, 0.5) is 11.4 Å². The van der Waals surface area contributed by atoms with Gasteiger partial charge in [-0.25, -0.2) is 0 Å². The van der Waals surface area contributed by atoms with Gasteiger partial charge in [0.1, 0.15) is 5.75 Å². The first kappa shape index (κ1) is 20.0. The molecule has 30 heavy (non-hydrogen) atoms. The molecule has 1 unspecified atom stereocenters. The first-order valence-electron chi connectivity index (χ1n) is 9.66. The Morgan fingerprint density at radius 1 is 1.10 bits per heavy atom. The Balaban J connectivity index is 1.66. The summed E-state index contributed by atoms with van der Waals surface area (Å²) >= 11 is 6.13. The van der Waals surface area contributed by atoms with E-state index in [1.807, 2.05) is 31.2 Å². The third-order valence-electron chi connectivity index (χ3n) is 5.13. The van der Waals surface area contributed by atoms with Crippen molar-refractivity contribution in [2.24, 2.45) is 0 Å². The van der Waals surface area contributed by atoms with Gasteiger partial charge in [0.15, 0.2) is 6.10 Å². The zero-order valence-electron chi connectivity index (χ0n) is 16.7. The lowest BCUT2D eigenvalue weighted by Gasteiger charge is -2.33. The van der Waals surface area contributed by atoms with Gasteiger partial charge in [0.25, 0.3) is 11.8 Å². The standard InChI is InChI=1S/C24H21ClN2O3/c1-15-7-3-4-8-17(15)14-27-21-13-18(11-12-22(21)30-16(2)24(27)29)26-23(28)19-9-5-6-10-20(19)25/h3-13,16H,14H2,1-2H3,(H,26,28). The van der Waals surface area contributed by atoms with E-state index in [-0.39, 0.29) is 11.8 Å². The molecule has 0 spiro atoms. The van der Waals surface area contributed by atoms with E-state index in [4.69, 9.17) is 16.3 Å². The smallest absolute Gasteiger partial charge is 0.268 e. The molecule has 1 aliphatic rings. The number of carbonyl (C=O) groups excluding carboxylic acids is 2. The highest BCUT2D eigenvalue weighted by molar-refractivity contribution is 6.34. The van der Waals surface area contributed by atoms with Crippen LogP contribution in [0.15, 0.2) is 66.7 Å². The summed E-state index contributed by atoms with van der Waals surface area (Å²) < 4.78 is 5.78. The van der Waals surface area contributed by atoms with Gasteiger partial charge in [-0.15, -0.1) is 0 Å². The maximum absolute atomic E-state index is 12.9. The molecule has 1 aliphatic heterocycles. The van der Waals surface area contributed by atoms with E-state index in [9.17, 15) is 9.59 Å². The fourth-order valence-electron chi connectivity index (χ4n) is 3.45. The zero-order valence-corrected chi connectivity index (χ0v) is 17.4. The van der Waals surface area contributed by atoms with Crippen LogP contribution in [0.1, 0.15) is 28.4 Å². The zero-order chi connectivity index (χ0) is 21.3. The number of aryl methyl sites for hydroxylation is 1. The molecule has 6 heteroatoms. The number of nitrogens with zero attached hydrogens (tertiary/aromatic N) is 1. The minimum Gasteiger partial charge on any atom is -0.479 e. The summed E-state index contributed by atoms with van der Waals surface area (Å²) in [5.74, 6) is 0.161. The van der Waals surface area contributed by atoms with E-state index in [2.05, 4.69) is 5.32 Å². The summed E-state index contributed by atoms with van der Waals surface area (Å²) in [6.07, 6.45) is -0.579.